The van der Waals surface area contributed by atoms with Crippen molar-refractivity contribution in [2.75, 3.05) is 27.2 Å². The standard InChI is InChI=1S/C18H24N4O2/c1-19-17(23)18(22-12-4-10-20-22)9-3-11-21(14-18)13-15-5-7-16(24-2)8-6-15/h4-8,10,12H,3,9,11,13-14H2,1-2H3,(H,19,23). The summed E-state index contributed by atoms with van der Waals surface area (Å²) < 4.78 is 7.02. The molecule has 1 aliphatic heterocycles. The summed E-state index contributed by atoms with van der Waals surface area (Å²) in [7, 11) is 3.36. The number of ether oxygens (including phenoxy) is 1. The van der Waals surface area contributed by atoms with Gasteiger partial charge in [0.05, 0.1) is 7.11 Å². The number of likely N-dealkylation sites (N-methyl/N-ethyl adjacent to an activating group) is 1. The Kier molecular flexibility index (Phi) is 4.85. The lowest BCUT2D eigenvalue weighted by Crippen LogP contribution is -2.57. The van der Waals surface area contributed by atoms with Crippen molar-refractivity contribution in [3.8, 4) is 5.75 Å². The minimum Gasteiger partial charge on any atom is -0.497 e. The van der Waals surface area contributed by atoms with E-state index in [0.717, 1.165) is 31.7 Å². The number of benzene rings is 1. The summed E-state index contributed by atoms with van der Waals surface area (Å²) in [5.41, 5.74) is 0.576. The first-order chi connectivity index (χ1) is 11.7. The summed E-state index contributed by atoms with van der Waals surface area (Å²) in [4.78, 5) is 15.0. The first-order valence-corrected chi connectivity index (χ1v) is 8.25. The molecule has 1 aromatic heterocycles. The number of carbonyl (C=O) groups is 1. The fraction of sp³-hybridized carbons (Fsp3) is 0.444. The number of methoxy groups -OCH3 is 1. The predicted octanol–water partition coefficient (Wildman–Crippen LogP) is 1.63. The second kappa shape index (κ2) is 7.05. The zero-order valence-corrected chi connectivity index (χ0v) is 14.2. The van der Waals surface area contributed by atoms with Crippen molar-refractivity contribution in [2.24, 2.45) is 0 Å². The van der Waals surface area contributed by atoms with E-state index in [4.69, 9.17) is 4.74 Å². The van der Waals surface area contributed by atoms with Crippen LogP contribution in [0.15, 0.2) is 42.7 Å². The Labute approximate surface area is 142 Å². The summed E-state index contributed by atoms with van der Waals surface area (Å²) in [6.45, 7) is 2.44. The molecule has 0 spiro atoms. The second-order valence-electron chi connectivity index (χ2n) is 6.22. The first kappa shape index (κ1) is 16.5. The molecule has 1 saturated heterocycles. The molecule has 1 fully saturated rings. The highest BCUT2D eigenvalue weighted by Gasteiger charge is 2.43. The van der Waals surface area contributed by atoms with Crippen LogP contribution in [0.5, 0.6) is 5.75 Å². The number of hydrogen-bond acceptors (Lipinski definition) is 4. The molecule has 1 aromatic carbocycles. The van der Waals surface area contributed by atoms with Crippen molar-refractivity contribution in [3.05, 3.63) is 48.3 Å². The Balaban J connectivity index is 1.79. The number of nitrogens with one attached hydrogen (secondary N) is 1. The molecule has 1 unspecified atom stereocenters. The van der Waals surface area contributed by atoms with E-state index in [1.165, 1.54) is 5.56 Å². The third kappa shape index (κ3) is 3.14. The maximum absolute atomic E-state index is 12.7. The van der Waals surface area contributed by atoms with Crippen molar-refractivity contribution in [3.63, 3.8) is 0 Å². The van der Waals surface area contributed by atoms with Gasteiger partial charge in [-0.1, -0.05) is 12.1 Å². The molecule has 0 aliphatic carbocycles. The maximum atomic E-state index is 12.7. The lowest BCUT2D eigenvalue weighted by molar-refractivity contribution is -0.133. The lowest BCUT2D eigenvalue weighted by Gasteiger charge is -2.41. The van der Waals surface area contributed by atoms with Crippen LogP contribution < -0.4 is 10.1 Å². The number of rotatable bonds is 5. The van der Waals surface area contributed by atoms with Gasteiger partial charge in [-0.2, -0.15) is 5.10 Å². The van der Waals surface area contributed by atoms with Gasteiger partial charge in [-0.05, 0) is 43.1 Å². The molecule has 1 aliphatic rings. The van der Waals surface area contributed by atoms with Crippen LogP contribution in [-0.2, 0) is 16.9 Å². The van der Waals surface area contributed by atoms with E-state index in [1.807, 2.05) is 29.1 Å². The molecule has 2 aromatic rings. The largest absolute Gasteiger partial charge is 0.497 e. The van der Waals surface area contributed by atoms with Gasteiger partial charge in [-0.25, -0.2) is 0 Å². The maximum Gasteiger partial charge on any atom is 0.249 e. The summed E-state index contributed by atoms with van der Waals surface area (Å²) in [5.74, 6) is 0.874. The number of amides is 1. The molecule has 1 amide bonds. The Hall–Kier alpha value is -2.34. The van der Waals surface area contributed by atoms with Crippen LogP contribution >= 0.6 is 0 Å². The van der Waals surface area contributed by atoms with E-state index in [-0.39, 0.29) is 5.91 Å². The Morgan fingerprint density at radius 3 is 2.79 bits per heavy atom. The van der Waals surface area contributed by atoms with Crippen molar-refractivity contribution in [1.82, 2.24) is 20.0 Å². The van der Waals surface area contributed by atoms with Gasteiger partial charge >= 0.3 is 0 Å². The quantitative estimate of drug-likeness (QED) is 0.906. The van der Waals surface area contributed by atoms with Crippen LogP contribution in [0.1, 0.15) is 18.4 Å². The van der Waals surface area contributed by atoms with Crippen LogP contribution in [-0.4, -0.2) is 47.8 Å². The molecule has 6 heteroatoms. The highest BCUT2D eigenvalue weighted by atomic mass is 16.5. The molecule has 6 nitrogen and oxygen atoms in total. The van der Waals surface area contributed by atoms with E-state index < -0.39 is 5.54 Å². The summed E-state index contributed by atoms with van der Waals surface area (Å²) in [6.07, 6.45) is 5.37. The van der Waals surface area contributed by atoms with Crippen LogP contribution in [0.4, 0.5) is 0 Å². The van der Waals surface area contributed by atoms with Crippen molar-refractivity contribution < 1.29 is 9.53 Å². The summed E-state index contributed by atoms with van der Waals surface area (Å²) >= 11 is 0. The van der Waals surface area contributed by atoms with Gasteiger partial charge < -0.3 is 10.1 Å². The molecule has 2 heterocycles. The summed E-state index contributed by atoms with van der Waals surface area (Å²) in [5, 5.41) is 7.18. The first-order valence-electron chi connectivity index (χ1n) is 8.25. The number of carbonyl (C=O) groups excluding carboxylic acids is 1. The number of hydrogen-bond donors (Lipinski definition) is 1. The van der Waals surface area contributed by atoms with Crippen molar-refractivity contribution in [1.29, 1.82) is 0 Å². The highest BCUT2D eigenvalue weighted by molar-refractivity contribution is 5.84. The fourth-order valence-corrected chi connectivity index (χ4v) is 3.48. The summed E-state index contributed by atoms with van der Waals surface area (Å²) in [6, 6.07) is 9.95. The Bertz CT molecular complexity index is 669. The molecule has 1 atom stereocenters. The van der Waals surface area contributed by atoms with Gasteiger partial charge in [0.15, 0.2) is 5.54 Å². The molecular formula is C18H24N4O2. The monoisotopic (exact) mass is 328 g/mol. The third-order valence-corrected chi connectivity index (χ3v) is 4.71. The molecule has 0 radical (unpaired) electrons. The van der Waals surface area contributed by atoms with Gasteiger partial charge in [0.1, 0.15) is 5.75 Å². The molecule has 128 valence electrons. The number of likely N-dealkylation sites (tertiary alicyclic amines) is 1. The zero-order chi connectivity index (χ0) is 17.0. The van der Waals surface area contributed by atoms with Crippen LogP contribution in [0, 0.1) is 0 Å². The van der Waals surface area contributed by atoms with Gasteiger partial charge in [0, 0.05) is 32.5 Å². The Morgan fingerprint density at radius 1 is 1.38 bits per heavy atom. The lowest BCUT2D eigenvalue weighted by atomic mass is 9.87. The van der Waals surface area contributed by atoms with Crippen LogP contribution in [0.2, 0.25) is 0 Å². The van der Waals surface area contributed by atoms with Gasteiger partial charge in [0.2, 0.25) is 5.91 Å². The molecule has 3 rings (SSSR count). The Morgan fingerprint density at radius 2 is 2.17 bits per heavy atom. The van der Waals surface area contributed by atoms with E-state index in [0.29, 0.717) is 6.54 Å². The molecule has 0 saturated carbocycles. The third-order valence-electron chi connectivity index (χ3n) is 4.71. The zero-order valence-electron chi connectivity index (χ0n) is 14.2. The molecular weight excluding hydrogens is 304 g/mol. The van der Waals surface area contributed by atoms with E-state index >= 15 is 0 Å². The van der Waals surface area contributed by atoms with Gasteiger partial charge in [-0.3, -0.25) is 14.4 Å². The van der Waals surface area contributed by atoms with Gasteiger partial charge in [-0.15, -0.1) is 0 Å². The smallest absolute Gasteiger partial charge is 0.249 e. The normalized spacial score (nSPS) is 21.4. The number of aromatic nitrogens is 2. The van der Waals surface area contributed by atoms with Gasteiger partial charge in [0.25, 0.3) is 0 Å². The minimum atomic E-state index is -0.636. The molecule has 24 heavy (non-hydrogen) atoms. The average molecular weight is 328 g/mol. The number of nitrogens with zero attached hydrogens (tertiary/aromatic N) is 3. The average Bonchev–Trinajstić information content (AvgIpc) is 3.17. The minimum absolute atomic E-state index is 0.0191. The van der Waals surface area contributed by atoms with Crippen molar-refractivity contribution >= 4 is 5.91 Å². The fourth-order valence-electron chi connectivity index (χ4n) is 3.48. The second-order valence-corrected chi connectivity index (χ2v) is 6.22. The number of piperidine rings is 1. The topological polar surface area (TPSA) is 59.4 Å². The highest BCUT2D eigenvalue weighted by Crippen LogP contribution is 2.29. The molecule has 0 bridgehead atoms. The van der Waals surface area contributed by atoms with Crippen LogP contribution in [0.3, 0.4) is 0 Å². The van der Waals surface area contributed by atoms with E-state index in [2.05, 4.69) is 27.4 Å². The molecule has 1 N–H and O–H groups in total. The SMILES string of the molecule is CNC(=O)C1(n2cccn2)CCCN(Cc2ccc(OC)cc2)C1. The van der Waals surface area contributed by atoms with E-state index in [9.17, 15) is 4.79 Å². The van der Waals surface area contributed by atoms with Crippen LogP contribution in [0.25, 0.3) is 0 Å². The van der Waals surface area contributed by atoms with Crippen molar-refractivity contribution in [2.45, 2.75) is 24.9 Å². The predicted molar refractivity (Wildman–Crippen MR) is 91.8 cm³/mol. The van der Waals surface area contributed by atoms with E-state index in [1.54, 1.807) is 20.4 Å².